The lowest BCUT2D eigenvalue weighted by molar-refractivity contribution is -0.268. The Balaban J connectivity index is 3.04. The Morgan fingerprint density at radius 1 is 1.50 bits per heavy atom. The van der Waals surface area contributed by atoms with Gasteiger partial charge in [0.25, 0.3) is 0 Å². The van der Waals surface area contributed by atoms with Crippen LogP contribution < -0.4 is 5.11 Å². The predicted octanol–water partition coefficient (Wildman–Crippen LogP) is 0.858. The molecule has 3 nitrogen and oxygen atoms in total. The molecule has 1 N–H and O–H groups in total. The maximum atomic E-state index is 10.8. The van der Waals surface area contributed by atoms with E-state index in [0.717, 1.165) is 0 Å². The van der Waals surface area contributed by atoms with Crippen LogP contribution in [0.5, 0.6) is 5.75 Å². The number of benzene rings is 1. The molecule has 0 bridgehead atoms. The second kappa shape index (κ2) is 3.09. The van der Waals surface area contributed by atoms with Gasteiger partial charge in [0.05, 0.1) is 5.57 Å². The lowest BCUT2D eigenvalue weighted by Crippen LogP contribution is -1.98. The summed E-state index contributed by atoms with van der Waals surface area (Å²) in [7, 11) is 0. The van der Waals surface area contributed by atoms with E-state index in [-0.39, 0.29) is 11.3 Å². The van der Waals surface area contributed by atoms with Crippen LogP contribution in [0, 0.1) is 0 Å². The highest BCUT2D eigenvalue weighted by molar-refractivity contribution is 6.14. The van der Waals surface area contributed by atoms with E-state index in [1.807, 2.05) is 0 Å². The Morgan fingerprint density at radius 3 is 2.67 bits per heavy atom. The molecule has 0 amide bonds. The van der Waals surface area contributed by atoms with Gasteiger partial charge < -0.3 is 10.2 Å². The molecular formula is C9H7O3-. The quantitative estimate of drug-likeness (QED) is 0.657. The molecular weight excluding hydrogens is 156 g/mol. The molecule has 0 saturated heterocycles. The zero-order valence-electron chi connectivity index (χ0n) is 6.28. The first-order valence-electron chi connectivity index (χ1n) is 3.31. The Labute approximate surface area is 69.6 Å². The van der Waals surface area contributed by atoms with Gasteiger partial charge in [0, 0.05) is 0 Å². The minimum Gasteiger partial charge on any atom is -0.872 e. The minimum atomic E-state index is -1.11. The Kier molecular flexibility index (Phi) is 2.14. The van der Waals surface area contributed by atoms with Crippen molar-refractivity contribution < 1.29 is 15.0 Å². The van der Waals surface area contributed by atoms with E-state index in [1.54, 1.807) is 0 Å². The van der Waals surface area contributed by atoms with Crippen molar-refractivity contribution >= 4 is 11.5 Å². The van der Waals surface area contributed by atoms with Gasteiger partial charge >= 0.3 is 5.97 Å². The third-order valence-electron chi connectivity index (χ3n) is 1.44. The van der Waals surface area contributed by atoms with Crippen LogP contribution in [-0.2, 0) is 4.79 Å². The maximum Gasteiger partial charge on any atom is 0.335 e. The molecule has 12 heavy (non-hydrogen) atoms. The summed E-state index contributed by atoms with van der Waals surface area (Å²) in [6.07, 6.45) is 0. The normalized spacial score (nSPS) is 9.33. The molecule has 0 heterocycles. The fourth-order valence-corrected chi connectivity index (χ4v) is 0.807. The number of carbonyl (C=O) groups is 1. The van der Waals surface area contributed by atoms with Gasteiger partial charge in [-0.15, -0.1) is 5.75 Å². The third kappa shape index (κ3) is 1.63. The van der Waals surface area contributed by atoms with E-state index < -0.39 is 5.97 Å². The molecule has 62 valence electrons. The van der Waals surface area contributed by atoms with Crippen LogP contribution in [0.4, 0.5) is 0 Å². The number of aliphatic carboxylic acids is 1. The summed E-state index contributed by atoms with van der Waals surface area (Å²) in [4.78, 5) is 10.4. The molecule has 0 unspecified atom stereocenters. The van der Waals surface area contributed by atoms with Gasteiger partial charge in [-0.25, -0.2) is 4.79 Å². The van der Waals surface area contributed by atoms with Crippen LogP contribution in [0.3, 0.4) is 0 Å². The molecule has 1 aromatic carbocycles. The van der Waals surface area contributed by atoms with Gasteiger partial charge in [0.2, 0.25) is 0 Å². The average Bonchev–Trinajstić information content (AvgIpc) is 2.03. The summed E-state index contributed by atoms with van der Waals surface area (Å²) in [6, 6.07) is 5.65. The zero-order valence-corrected chi connectivity index (χ0v) is 6.28. The number of carboxylic acids is 1. The first-order chi connectivity index (χ1) is 5.61. The standard InChI is InChI=1S/C9H8O3/c1-6(9(11)12)7-3-2-4-8(10)5-7/h2-5,10H,1H2,(H,11,12)/p-1. The van der Waals surface area contributed by atoms with Crippen molar-refractivity contribution in [1.29, 1.82) is 0 Å². The Morgan fingerprint density at radius 2 is 2.17 bits per heavy atom. The third-order valence-corrected chi connectivity index (χ3v) is 1.44. The fourth-order valence-electron chi connectivity index (χ4n) is 0.807. The topological polar surface area (TPSA) is 60.4 Å². The van der Waals surface area contributed by atoms with Crippen LogP contribution in [0.1, 0.15) is 5.56 Å². The van der Waals surface area contributed by atoms with Crippen molar-refractivity contribution in [3.05, 3.63) is 36.4 Å². The van der Waals surface area contributed by atoms with Gasteiger partial charge in [-0.3, -0.25) is 0 Å². The number of carboxylic acid groups (broad SMARTS) is 1. The van der Waals surface area contributed by atoms with Crippen molar-refractivity contribution in [1.82, 2.24) is 0 Å². The highest BCUT2D eigenvalue weighted by Gasteiger charge is 2.04. The lowest BCUT2D eigenvalue weighted by Gasteiger charge is -2.06. The largest absolute Gasteiger partial charge is 0.872 e. The number of hydrogen-bond donors (Lipinski definition) is 1. The molecule has 0 spiro atoms. The molecule has 1 rings (SSSR count). The van der Waals surface area contributed by atoms with Crippen molar-refractivity contribution in [2.45, 2.75) is 0 Å². The monoisotopic (exact) mass is 163 g/mol. The van der Waals surface area contributed by atoms with Gasteiger partial charge in [0.1, 0.15) is 0 Å². The Hall–Kier alpha value is -1.77. The van der Waals surface area contributed by atoms with Crippen LogP contribution in [-0.4, -0.2) is 11.1 Å². The molecule has 0 atom stereocenters. The van der Waals surface area contributed by atoms with Crippen LogP contribution >= 0.6 is 0 Å². The first kappa shape index (κ1) is 8.33. The summed E-state index contributed by atoms with van der Waals surface area (Å²) >= 11 is 0. The number of hydrogen-bond acceptors (Lipinski definition) is 2. The van der Waals surface area contributed by atoms with Crippen molar-refractivity contribution in [2.75, 3.05) is 0 Å². The summed E-state index contributed by atoms with van der Waals surface area (Å²) < 4.78 is 0. The maximum absolute atomic E-state index is 10.8. The smallest absolute Gasteiger partial charge is 0.335 e. The highest BCUT2D eigenvalue weighted by atomic mass is 16.4. The second-order valence-corrected chi connectivity index (χ2v) is 2.31. The number of rotatable bonds is 2. The molecule has 1 aromatic rings. The predicted molar refractivity (Wildman–Crippen MR) is 42.6 cm³/mol. The average molecular weight is 163 g/mol. The van der Waals surface area contributed by atoms with Gasteiger partial charge in [-0.1, -0.05) is 30.8 Å². The SMILES string of the molecule is C=C(C(=O)O)c1cccc([O-])c1. The summed E-state index contributed by atoms with van der Waals surface area (Å²) in [5.41, 5.74) is 0.294. The van der Waals surface area contributed by atoms with E-state index >= 15 is 0 Å². The molecule has 0 fully saturated rings. The van der Waals surface area contributed by atoms with E-state index in [0.29, 0.717) is 5.56 Å². The molecule has 0 aliphatic rings. The molecule has 0 radical (unpaired) electrons. The lowest BCUT2D eigenvalue weighted by atomic mass is 10.1. The first-order valence-corrected chi connectivity index (χ1v) is 3.31. The Bertz CT molecular complexity index is 328. The summed E-state index contributed by atoms with van der Waals surface area (Å²) in [6.45, 7) is 3.33. The van der Waals surface area contributed by atoms with E-state index in [4.69, 9.17) is 5.11 Å². The molecule has 0 aliphatic heterocycles. The van der Waals surface area contributed by atoms with Crippen LogP contribution in [0.25, 0.3) is 5.57 Å². The van der Waals surface area contributed by atoms with Gasteiger partial charge in [-0.05, 0) is 5.56 Å². The van der Waals surface area contributed by atoms with Crippen molar-refractivity contribution in [2.24, 2.45) is 0 Å². The van der Waals surface area contributed by atoms with Gasteiger partial charge in [0.15, 0.2) is 0 Å². The van der Waals surface area contributed by atoms with E-state index in [9.17, 15) is 9.90 Å². The minimum absolute atomic E-state index is 0.0623. The summed E-state index contributed by atoms with van der Waals surface area (Å²) in [5, 5.41) is 19.3. The van der Waals surface area contributed by atoms with E-state index in [1.165, 1.54) is 24.3 Å². The molecule has 0 aliphatic carbocycles. The zero-order chi connectivity index (χ0) is 9.14. The fraction of sp³-hybridized carbons (Fsp3) is 0. The van der Waals surface area contributed by atoms with E-state index in [2.05, 4.69) is 6.58 Å². The van der Waals surface area contributed by atoms with Crippen LogP contribution in [0.2, 0.25) is 0 Å². The highest BCUT2D eigenvalue weighted by Crippen LogP contribution is 2.15. The molecule has 0 saturated carbocycles. The van der Waals surface area contributed by atoms with Crippen molar-refractivity contribution in [3.8, 4) is 5.75 Å². The molecule has 3 heteroatoms. The molecule has 0 aromatic heterocycles. The summed E-state index contributed by atoms with van der Waals surface area (Å²) in [5.74, 6) is -1.32. The second-order valence-electron chi connectivity index (χ2n) is 2.31. The van der Waals surface area contributed by atoms with Crippen molar-refractivity contribution in [3.63, 3.8) is 0 Å². The van der Waals surface area contributed by atoms with Crippen LogP contribution in [0.15, 0.2) is 30.8 Å². The van der Waals surface area contributed by atoms with Gasteiger partial charge in [-0.2, -0.15) is 0 Å².